The van der Waals surface area contributed by atoms with E-state index in [2.05, 4.69) is 5.16 Å². The van der Waals surface area contributed by atoms with Gasteiger partial charge in [-0.1, -0.05) is 5.16 Å². The van der Waals surface area contributed by atoms with E-state index in [4.69, 9.17) is 19.7 Å². The summed E-state index contributed by atoms with van der Waals surface area (Å²) < 4.78 is 16.1. The van der Waals surface area contributed by atoms with Gasteiger partial charge in [-0.3, -0.25) is 0 Å². The number of hydrogen-bond acceptors (Lipinski definition) is 5. The van der Waals surface area contributed by atoms with E-state index in [1.54, 1.807) is 13.2 Å². The van der Waals surface area contributed by atoms with Gasteiger partial charge in [-0.2, -0.15) is 0 Å². The Balaban J connectivity index is 1.91. The molecule has 0 spiro atoms. The zero-order chi connectivity index (χ0) is 13.2. The lowest BCUT2D eigenvalue weighted by Crippen LogP contribution is -2.24. The van der Waals surface area contributed by atoms with E-state index in [1.807, 2.05) is 18.2 Å². The van der Waals surface area contributed by atoms with E-state index < -0.39 is 0 Å². The zero-order valence-electron chi connectivity index (χ0n) is 10.8. The minimum absolute atomic E-state index is 0.298. The normalized spacial score (nSPS) is 15.0. The third kappa shape index (κ3) is 2.36. The fourth-order valence-corrected chi connectivity index (χ4v) is 2.02. The number of nitrogens with two attached hydrogens (primary N) is 1. The van der Waals surface area contributed by atoms with E-state index in [0.29, 0.717) is 17.7 Å². The minimum Gasteiger partial charge on any atom is -0.493 e. The molecular weight excluding hydrogens is 244 g/mol. The molecule has 0 unspecified atom stereocenters. The molecule has 2 N–H and O–H groups in total. The molecule has 0 amide bonds. The second-order valence-electron chi connectivity index (χ2n) is 4.65. The van der Waals surface area contributed by atoms with Crippen LogP contribution in [0.4, 0.5) is 5.88 Å². The first-order valence-electron chi connectivity index (χ1n) is 6.33. The van der Waals surface area contributed by atoms with Crippen molar-refractivity contribution in [2.24, 2.45) is 0 Å². The van der Waals surface area contributed by atoms with Crippen LogP contribution < -0.4 is 15.2 Å². The number of rotatable bonds is 4. The largest absolute Gasteiger partial charge is 0.493 e. The van der Waals surface area contributed by atoms with Crippen LogP contribution in [0.15, 0.2) is 28.8 Å². The maximum Gasteiger partial charge on any atom is 0.222 e. The summed E-state index contributed by atoms with van der Waals surface area (Å²) in [6.45, 7) is 0. The number of ether oxygens (including phenoxy) is 2. The molecule has 0 radical (unpaired) electrons. The second-order valence-corrected chi connectivity index (χ2v) is 4.65. The minimum atomic E-state index is 0.298. The van der Waals surface area contributed by atoms with Crippen LogP contribution in [0.1, 0.15) is 19.3 Å². The summed E-state index contributed by atoms with van der Waals surface area (Å²) in [6, 6.07) is 7.38. The van der Waals surface area contributed by atoms with Crippen molar-refractivity contribution < 1.29 is 14.0 Å². The molecule has 2 aromatic rings. The lowest BCUT2D eigenvalue weighted by Gasteiger charge is -2.27. The van der Waals surface area contributed by atoms with Crippen molar-refractivity contribution in [3.05, 3.63) is 24.3 Å². The molecule has 5 heteroatoms. The molecule has 3 rings (SSSR count). The number of aromatic nitrogens is 1. The van der Waals surface area contributed by atoms with Gasteiger partial charge in [-0.15, -0.1) is 0 Å². The van der Waals surface area contributed by atoms with Crippen LogP contribution in [0.2, 0.25) is 0 Å². The molecule has 0 aliphatic heterocycles. The first-order valence-corrected chi connectivity index (χ1v) is 6.33. The van der Waals surface area contributed by atoms with Crippen LogP contribution in [-0.2, 0) is 0 Å². The van der Waals surface area contributed by atoms with Crippen molar-refractivity contribution in [2.75, 3.05) is 12.8 Å². The topological polar surface area (TPSA) is 70.5 Å². The Morgan fingerprint density at radius 2 is 2.11 bits per heavy atom. The predicted molar refractivity (Wildman–Crippen MR) is 71.2 cm³/mol. The first-order chi connectivity index (χ1) is 9.26. The average Bonchev–Trinajstić information content (AvgIpc) is 2.80. The van der Waals surface area contributed by atoms with Gasteiger partial charge in [0, 0.05) is 11.6 Å². The smallest absolute Gasteiger partial charge is 0.222 e. The Hall–Kier alpha value is -2.17. The Kier molecular flexibility index (Phi) is 3.03. The third-order valence-electron chi connectivity index (χ3n) is 3.33. The highest BCUT2D eigenvalue weighted by atomic mass is 16.5. The van der Waals surface area contributed by atoms with Crippen molar-refractivity contribution >= 4 is 5.88 Å². The molecule has 0 atom stereocenters. The Bertz CT molecular complexity index is 576. The molecular formula is C14H16N2O3. The van der Waals surface area contributed by atoms with Crippen molar-refractivity contribution in [1.82, 2.24) is 5.16 Å². The molecule has 1 heterocycles. The quantitative estimate of drug-likeness (QED) is 0.915. The summed E-state index contributed by atoms with van der Waals surface area (Å²) in [5, 5.41) is 3.90. The van der Waals surface area contributed by atoms with Gasteiger partial charge in [-0.25, -0.2) is 0 Å². The highest BCUT2D eigenvalue weighted by Gasteiger charge is 2.21. The number of anilines is 1. The molecule has 0 bridgehead atoms. The number of hydrogen-bond donors (Lipinski definition) is 1. The molecule has 100 valence electrons. The van der Waals surface area contributed by atoms with Gasteiger partial charge >= 0.3 is 0 Å². The SMILES string of the molecule is COc1ccc(-c2cc(N)on2)cc1OC1CCC1. The summed E-state index contributed by atoms with van der Waals surface area (Å²) in [4.78, 5) is 0. The molecule has 1 aliphatic carbocycles. The number of benzene rings is 1. The van der Waals surface area contributed by atoms with Crippen LogP contribution in [-0.4, -0.2) is 18.4 Å². The average molecular weight is 260 g/mol. The molecule has 1 fully saturated rings. The summed E-state index contributed by atoms with van der Waals surface area (Å²) in [5.74, 6) is 1.77. The second kappa shape index (κ2) is 4.84. The lowest BCUT2D eigenvalue weighted by molar-refractivity contribution is 0.116. The lowest BCUT2D eigenvalue weighted by atomic mass is 9.96. The molecule has 1 saturated carbocycles. The van der Waals surface area contributed by atoms with Crippen molar-refractivity contribution in [3.63, 3.8) is 0 Å². The number of nitrogens with zero attached hydrogens (tertiary/aromatic N) is 1. The number of methoxy groups -OCH3 is 1. The van der Waals surface area contributed by atoms with Crippen LogP contribution in [0.3, 0.4) is 0 Å². The fourth-order valence-electron chi connectivity index (χ4n) is 2.02. The van der Waals surface area contributed by atoms with E-state index in [-0.39, 0.29) is 0 Å². The Labute approximate surface area is 111 Å². The molecule has 1 aromatic carbocycles. The van der Waals surface area contributed by atoms with Crippen LogP contribution in [0.5, 0.6) is 11.5 Å². The summed E-state index contributed by atoms with van der Waals surface area (Å²) in [5.41, 5.74) is 7.13. The van der Waals surface area contributed by atoms with Crippen LogP contribution in [0.25, 0.3) is 11.3 Å². The zero-order valence-corrected chi connectivity index (χ0v) is 10.8. The monoisotopic (exact) mass is 260 g/mol. The molecule has 0 saturated heterocycles. The maximum absolute atomic E-state index is 5.93. The maximum atomic E-state index is 5.93. The van der Waals surface area contributed by atoms with Crippen molar-refractivity contribution in [2.45, 2.75) is 25.4 Å². The third-order valence-corrected chi connectivity index (χ3v) is 3.33. The van der Waals surface area contributed by atoms with E-state index >= 15 is 0 Å². The molecule has 1 aliphatic rings. The van der Waals surface area contributed by atoms with Gasteiger partial charge in [0.2, 0.25) is 5.88 Å². The van der Waals surface area contributed by atoms with Crippen LogP contribution >= 0.6 is 0 Å². The van der Waals surface area contributed by atoms with Gasteiger partial charge < -0.3 is 19.7 Å². The van der Waals surface area contributed by atoms with Gasteiger partial charge in [-0.05, 0) is 37.5 Å². The Morgan fingerprint density at radius 1 is 1.26 bits per heavy atom. The van der Waals surface area contributed by atoms with Gasteiger partial charge in [0.25, 0.3) is 0 Å². The molecule has 19 heavy (non-hydrogen) atoms. The molecule has 5 nitrogen and oxygen atoms in total. The summed E-state index contributed by atoms with van der Waals surface area (Å²) in [7, 11) is 1.64. The Morgan fingerprint density at radius 3 is 2.68 bits per heavy atom. The van der Waals surface area contributed by atoms with Gasteiger partial charge in [0.1, 0.15) is 5.69 Å². The van der Waals surface area contributed by atoms with Crippen LogP contribution in [0, 0.1) is 0 Å². The molecule has 1 aromatic heterocycles. The first kappa shape index (κ1) is 11.9. The summed E-state index contributed by atoms with van der Waals surface area (Å²) >= 11 is 0. The van der Waals surface area contributed by atoms with E-state index in [0.717, 1.165) is 29.9 Å². The summed E-state index contributed by atoms with van der Waals surface area (Å²) in [6.07, 6.45) is 3.73. The predicted octanol–water partition coefficient (Wildman–Crippen LogP) is 2.86. The number of nitrogen functional groups attached to an aromatic ring is 1. The van der Waals surface area contributed by atoms with E-state index in [1.165, 1.54) is 6.42 Å². The van der Waals surface area contributed by atoms with Crippen molar-refractivity contribution in [3.8, 4) is 22.8 Å². The van der Waals surface area contributed by atoms with Gasteiger partial charge in [0.15, 0.2) is 11.5 Å². The van der Waals surface area contributed by atoms with Gasteiger partial charge in [0.05, 0.1) is 13.2 Å². The highest BCUT2D eigenvalue weighted by Crippen LogP contribution is 2.35. The van der Waals surface area contributed by atoms with Crippen molar-refractivity contribution in [1.29, 1.82) is 0 Å². The standard InChI is InChI=1S/C14H16N2O3/c1-17-12-6-5-9(11-8-14(15)19-16-11)7-13(12)18-10-3-2-4-10/h5-8,10H,2-4,15H2,1H3. The van der Waals surface area contributed by atoms with E-state index in [9.17, 15) is 0 Å². The highest BCUT2D eigenvalue weighted by molar-refractivity contribution is 5.65. The fraction of sp³-hybridized carbons (Fsp3) is 0.357.